The molecule has 2 aromatic rings. The molecule has 0 fully saturated rings. The zero-order valence-corrected chi connectivity index (χ0v) is 14.8. The van der Waals surface area contributed by atoms with E-state index in [0.29, 0.717) is 26.4 Å². The maximum atomic E-state index is 11.0. The number of benzene rings is 2. The highest BCUT2D eigenvalue weighted by Crippen LogP contribution is 2.32. The van der Waals surface area contributed by atoms with Crippen molar-refractivity contribution >= 4 is 47.1 Å². The molecule has 0 aliphatic carbocycles. The minimum atomic E-state index is -0.692. The number of amides is 1. The van der Waals surface area contributed by atoms with Gasteiger partial charge in [0.1, 0.15) is 12.4 Å². The van der Waals surface area contributed by atoms with Crippen LogP contribution in [0.15, 0.2) is 41.5 Å². The number of halogens is 3. The van der Waals surface area contributed by atoms with Gasteiger partial charge in [-0.05, 0) is 29.8 Å². The Hall–Kier alpha value is -1.95. The molecule has 24 heavy (non-hydrogen) atoms. The Morgan fingerprint density at radius 1 is 1.17 bits per heavy atom. The number of methoxy groups -OCH3 is 1. The number of carbonyl (C=O) groups excluding carboxylic acids is 1. The smallest absolute Gasteiger partial charge is 0.427 e. The number of hydrogen-bond acceptors (Lipinski definition) is 4. The predicted octanol–water partition coefficient (Wildman–Crippen LogP) is 4.92. The van der Waals surface area contributed by atoms with Gasteiger partial charge in [0.2, 0.25) is 0 Å². The molecule has 0 aliphatic rings. The lowest BCUT2D eigenvalue weighted by molar-refractivity contribution is 0.171. The van der Waals surface area contributed by atoms with Crippen molar-refractivity contribution in [2.75, 3.05) is 7.11 Å². The summed E-state index contributed by atoms with van der Waals surface area (Å²) < 4.78 is 10.2. The summed E-state index contributed by atoms with van der Waals surface area (Å²) in [5.41, 5.74) is 3.61. The van der Waals surface area contributed by atoms with Crippen molar-refractivity contribution in [3.05, 3.63) is 62.6 Å². The largest absolute Gasteiger partial charge is 0.487 e. The van der Waals surface area contributed by atoms with E-state index in [-0.39, 0.29) is 6.61 Å². The van der Waals surface area contributed by atoms with Gasteiger partial charge in [0.15, 0.2) is 0 Å². The zero-order chi connectivity index (χ0) is 17.5. The van der Waals surface area contributed by atoms with Crippen LogP contribution in [0, 0.1) is 0 Å². The molecule has 0 heterocycles. The minimum Gasteiger partial charge on any atom is -0.487 e. The van der Waals surface area contributed by atoms with E-state index in [1.165, 1.54) is 13.3 Å². The maximum absolute atomic E-state index is 11.0. The Labute approximate surface area is 154 Å². The van der Waals surface area contributed by atoms with Crippen LogP contribution in [0.25, 0.3) is 0 Å². The van der Waals surface area contributed by atoms with Gasteiger partial charge >= 0.3 is 6.09 Å². The van der Waals surface area contributed by atoms with E-state index in [1.807, 2.05) is 12.1 Å². The average Bonchev–Trinajstić information content (AvgIpc) is 2.55. The second-order valence-corrected chi connectivity index (χ2v) is 5.86. The summed E-state index contributed by atoms with van der Waals surface area (Å²) >= 11 is 18.0. The SMILES string of the molecule is COC(=O)N/N=C/c1cc(Cl)cc(Cl)c1OCc1ccc(Cl)cc1. The quantitative estimate of drug-likeness (QED) is 0.585. The van der Waals surface area contributed by atoms with E-state index in [4.69, 9.17) is 39.5 Å². The fraction of sp³-hybridized carbons (Fsp3) is 0.125. The number of hydrazone groups is 1. The van der Waals surface area contributed by atoms with Crippen LogP contribution in [-0.4, -0.2) is 19.4 Å². The van der Waals surface area contributed by atoms with E-state index < -0.39 is 6.09 Å². The number of nitrogens with zero attached hydrogens (tertiary/aromatic N) is 1. The van der Waals surface area contributed by atoms with Crippen molar-refractivity contribution in [2.45, 2.75) is 6.61 Å². The molecule has 0 radical (unpaired) electrons. The van der Waals surface area contributed by atoms with Gasteiger partial charge in [-0.3, -0.25) is 0 Å². The van der Waals surface area contributed by atoms with Crippen molar-refractivity contribution in [1.29, 1.82) is 0 Å². The summed E-state index contributed by atoms with van der Waals surface area (Å²) in [6.45, 7) is 0.282. The lowest BCUT2D eigenvalue weighted by atomic mass is 10.2. The minimum absolute atomic E-state index is 0.282. The van der Waals surface area contributed by atoms with Crippen molar-refractivity contribution in [2.24, 2.45) is 5.10 Å². The summed E-state index contributed by atoms with van der Waals surface area (Å²) in [5, 5.41) is 5.15. The van der Waals surface area contributed by atoms with Crippen LogP contribution in [0.3, 0.4) is 0 Å². The van der Waals surface area contributed by atoms with E-state index in [1.54, 1.807) is 24.3 Å². The van der Waals surface area contributed by atoms with Crippen LogP contribution in [0.1, 0.15) is 11.1 Å². The number of nitrogens with one attached hydrogen (secondary N) is 1. The van der Waals surface area contributed by atoms with Gasteiger partial charge < -0.3 is 9.47 Å². The average molecular weight is 388 g/mol. The Morgan fingerprint density at radius 3 is 2.54 bits per heavy atom. The van der Waals surface area contributed by atoms with Gasteiger partial charge in [-0.15, -0.1) is 0 Å². The standard InChI is InChI=1S/C16H13Cl3N2O3/c1-23-16(22)21-20-8-11-6-13(18)7-14(19)15(11)24-9-10-2-4-12(17)5-3-10/h2-8H,9H2,1H3,(H,21,22)/b20-8+. The van der Waals surface area contributed by atoms with Gasteiger partial charge in [0, 0.05) is 15.6 Å². The van der Waals surface area contributed by atoms with Gasteiger partial charge in [-0.25, -0.2) is 10.2 Å². The van der Waals surface area contributed by atoms with Crippen molar-refractivity contribution in [3.63, 3.8) is 0 Å². The Kier molecular flexibility index (Phi) is 6.73. The first-order chi connectivity index (χ1) is 11.5. The van der Waals surface area contributed by atoms with Crippen LogP contribution in [0.4, 0.5) is 4.79 Å². The summed E-state index contributed by atoms with van der Waals surface area (Å²) in [6.07, 6.45) is 0.675. The molecule has 2 aromatic carbocycles. The summed E-state index contributed by atoms with van der Waals surface area (Å²) in [7, 11) is 1.24. The zero-order valence-electron chi connectivity index (χ0n) is 12.6. The van der Waals surface area contributed by atoms with Crippen LogP contribution >= 0.6 is 34.8 Å². The summed E-state index contributed by atoms with van der Waals surface area (Å²) in [6, 6.07) is 10.4. The fourth-order valence-corrected chi connectivity index (χ4v) is 2.45. The van der Waals surface area contributed by atoms with Crippen molar-refractivity contribution in [1.82, 2.24) is 5.43 Å². The molecule has 0 bridgehead atoms. The molecule has 126 valence electrons. The van der Waals surface area contributed by atoms with E-state index in [2.05, 4.69) is 15.3 Å². The van der Waals surface area contributed by atoms with Crippen LogP contribution in [0.2, 0.25) is 15.1 Å². The topological polar surface area (TPSA) is 59.9 Å². The number of ether oxygens (including phenoxy) is 2. The summed E-state index contributed by atoms with van der Waals surface area (Å²) in [4.78, 5) is 11.0. The predicted molar refractivity (Wildman–Crippen MR) is 95.4 cm³/mol. The van der Waals surface area contributed by atoms with E-state index in [9.17, 15) is 4.79 Å². The third-order valence-electron chi connectivity index (χ3n) is 2.88. The number of rotatable bonds is 5. The molecule has 2 rings (SSSR count). The highest BCUT2D eigenvalue weighted by molar-refractivity contribution is 6.36. The first-order valence-corrected chi connectivity index (χ1v) is 7.86. The molecule has 0 atom stereocenters. The second-order valence-electron chi connectivity index (χ2n) is 4.58. The van der Waals surface area contributed by atoms with Crippen molar-refractivity contribution in [3.8, 4) is 5.75 Å². The molecule has 0 aromatic heterocycles. The molecular weight excluding hydrogens is 375 g/mol. The number of hydrogen-bond donors (Lipinski definition) is 1. The Morgan fingerprint density at radius 2 is 1.88 bits per heavy atom. The number of carbonyl (C=O) groups is 1. The van der Waals surface area contributed by atoms with Gasteiger partial charge in [-0.2, -0.15) is 5.10 Å². The third kappa shape index (κ3) is 5.30. The summed E-state index contributed by atoms with van der Waals surface area (Å²) in [5.74, 6) is 0.395. The first kappa shape index (κ1) is 18.4. The first-order valence-electron chi connectivity index (χ1n) is 6.73. The van der Waals surface area contributed by atoms with Gasteiger partial charge in [0.25, 0.3) is 0 Å². The highest BCUT2D eigenvalue weighted by Gasteiger charge is 2.10. The third-order valence-corrected chi connectivity index (χ3v) is 3.63. The van der Waals surface area contributed by atoms with Crippen LogP contribution in [-0.2, 0) is 11.3 Å². The molecule has 1 amide bonds. The Balaban J connectivity index is 2.18. The van der Waals surface area contributed by atoms with Crippen molar-refractivity contribution < 1.29 is 14.3 Å². The van der Waals surface area contributed by atoms with E-state index >= 15 is 0 Å². The van der Waals surface area contributed by atoms with Crippen LogP contribution in [0.5, 0.6) is 5.75 Å². The molecule has 0 spiro atoms. The van der Waals surface area contributed by atoms with Gasteiger partial charge in [-0.1, -0.05) is 46.9 Å². The molecule has 0 saturated carbocycles. The molecule has 8 heteroatoms. The molecular formula is C16H13Cl3N2O3. The lowest BCUT2D eigenvalue weighted by Gasteiger charge is -2.12. The monoisotopic (exact) mass is 386 g/mol. The molecule has 0 saturated heterocycles. The highest BCUT2D eigenvalue weighted by atomic mass is 35.5. The Bertz CT molecular complexity index is 749. The van der Waals surface area contributed by atoms with Gasteiger partial charge in [0.05, 0.1) is 18.3 Å². The molecule has 0 aliphatic heterocycles. The normalized spacial score (nSPS) is 10.7. The molecule has 1 N–H and O–H groups in total. The molecule has 5 nitrogen and oxygen atoms in total. The fourth-order valence-electron chi connectivity index (χ4n) is 1.76. The van der Waals surface area contributed by atoms with Crippen LogP contribution < -0.4 is 10.2 Å². The molecule has 0 unspecified atom stereocenters. The second kappa shape index (κ2) is 8.78. The maximum Gasteiger partial charge on any atom is 0.427 e. The lowest BCUT2D eigenvalue weighted by Crippen LogP contribution is -2.16. The van der Waals surface area contributed by atoms with E-state index in [0.717, 1.165) is 5.56 Å².